The molecule has 0 bridgehead atoms. The number of carbonyl (C=O) groups excluding carboxylic acids is 1. The summed E-state index contributed by atoms with van der Waals surface area (Å²) in [6.07, 6.45) is 4.94. The van der Waals surface area contributed by atoms with Gasteiger partial charge in [0, 0.05) is 19.0 Å². The van der Waals surface area contributed by atoms with Crippen LogP contribution >= 0.6 is 22.9 Å². The van der Waals surface area contributed by atoms with E-state index >= 15 is 0 Å². The van der Waals surface area contributed by atoms with E-state index in [1.54, 1.807) is 11.7 Å². The molecule has 2 heterocycles. The molecule has 2 rings (SSSR count). The van der Waals surface area contributed by atoms with Gasteiger partial charge in [0.1, 0.15) is 4.88 Å². The van der Waals surface area contributed by atoms with Gasteiger partial charge in [-0.1, -0.05) is 0 Å². The Balaban J connectivity index is 1.96. The van der Waals surface area contributed by atoms with Crippen LogP contribution in [-0.4, -0.2) is 34.8 Å². The molecule has 16 heavy (non-hydrogen) atoms. The topological polar surface area (TPSA) is 33.2 Å². The molecule has 1 amide bonds. The lowest BCUT2D eigenvalue weighted by Crippen LogP contribution is -2.39. The number of nitrogens with zero attached hydrogens (tertiary/aromatic N) is 2. The van der Waals surface area contributed by atoms with Crippen molar-refractivity contribution in [3.8, 4) is 0 Å². The van der Waals surface area contributed by atoms with Crippen LogP contribution in [0, 0.1) is 5.92 Å². The van der Waals surface area contributed by atoms with Crippen molar-refractivity contribution >= 4 is 28.8 Å². The van der Waals surface area contributed by atoms with E-state index in [9.17, 15) is 4.79 Å². The number of hydrogen-bond donors (Lipinski definition) is 0. The highest BCUT2D eigenvalue weighted by molar-refractivity contribution is 7.11. The Kier molecular flexibility index (Phi) is 4.18. The van der Waals surface area contributed by atoms with Crippen LogP contribution in [0.4, 0.5) is 0 Å². The molecule has 0 saturated carbocycles. The predicted octanol–water partition coefficient (Wildman–Crippen LogP) is 2.62. The van der Waals surface area contributed by atoms with Crippen molar-refractivity contribution < 1.29 is 4.79 Å². The Bertz CT molecular complexity index is 340. The highest BCUT2D eigenvalue weighted by Gasteiger charge is 2.24. The van der Waals surface area contributed by atoms with Crippen LogP contribution in [0.3, 0.4) is 0 Å². The zero-order valence-electron chi connectivity index (χ0n) is 9.06. The molecular weight excluding hydrogens is 244 g/mol. The monoisotopic (exact) mass is 258 g/mol. The van der Waals surface area contributed by atoms with Gasteiger partial charge in [0.15, 0.2) is 0 Å². The molecule has 1 saturated heterocycles. The predicted molar refractivity (Wildman–Crippen MR) is 66.1 cm³/mol. The van der Waals surface area contributed by atoms with Crippen molar-refractivity contribution in [2.24, 2.45) is 5.92 Å². The maximum absolute atomic E-state index is 12.1. The summed E-state index contributed by atoms with van der Waals surface area (Å²) < 4.78 is 0. The maximum Gasteiger partial charge on any atom is 0.265 e. The number of carbonyl (C=O) groups is 1. The van der Waals surface area contributed by atoms with Gasteiger partial charge >= 0.3 is 0 Å². The highest BCUT2D eigenvalue weighted by atomic mass is 35.5. The zero-order chi connectivity index (χ0) is 11.4. The van der Waals surface area contributed by atoms with Gasteiger partial charge in [-0.05, 0) is 25.2 Å². The molecule has 5 heteroatoms. The fourth-order valence-electron chi connectivity index (χ4n) is 2.12. The second-order valence-corrected chi connectivity index (χ2v) is 5.37. The average molecular weight is 259 g/mol. The Labute approximate surface area is 104 Å². The number of hydrogen-bond acceptors (Lipinski definition) is 3. The molecule has 1 unspecified atom stereocenters. The van der Waals surface area contributed by atoms with Crippen LogP contribution in [0.5, 0.6) is 0 Å². The molecule has 0 radical (unpaired) electrons. The first-order chi connectivity index (χ1) is 7.81. The number of thiazole rings is 1. The number of alkyl halides is 1. The second-order valence-electron chi connectivity index (χ2n) is 4.10. The Hall–Kier alpha value is -0.610. The quantitative estimate of drug-likeness (QED) is 0.781. The van der Waals surface area contributed by atoms with Gasteiger partial charge in [0.05, 0.1) is 11.7 Å². The summed E-state index contributed by atoms with van der Waals surface area (Å²) in [5, 5.41) is 0. The first kappa shape index (κ1) is 11.9. The van der Waals surface area contributed by atoms with E-state index in [-0.39, 0.29) is 5.91 Å². The lowest BCUT2D eigenvalue weighted by molar-refractivity contribution is 0.0676. The van der Waals surface area contributed by atoms with Crippen LogP contribution in [0.1, 0.15) is 28.9 Å². The Morgan fingerprint density at radius 2 is 2.56 bits per heavy atom. The summed E-state index contributed by atoms with van der Waals surface area (Å²) in [5.74, 6) is 1.39. The average Bonchev–Trinajstić information content (AvgIpc) is 2.82. The molecule has 1 aromatic rings. The van der Waals surface area contributed by atoms with Crippen LogP contribution < -0.4 is 0 Å². The number of aromatic nitrogens is 1. The molecule has 1 aliphatic heterocycles. The van der Waals surface area contributed by atoms with E-state index in [0.29, 0.717) is 11.8 Å². The SMILES string of the molecule is O=C(c1cncs1)N1CCCC(CCCl)C1. The van der Waals surface area contributed by atoms with Gasteiger partial charge in [0.2, 0.25) is 0 Å². The van der Waals surface area contributed by atoms with Gasteiger partial charge < -0.3 is 4.90 Å². The van der Waals surface area contributed by atoms with Gasteiger partial charge in [0.25, 0.3) is 5.91 Å². The van der Waals surface area contributed by atoms with Crippen molar-refractivity contribution in [1.82, 2.24) is 9.88 Å². The molecule has 0 spiro atoms. The van der Waals surface area contributed by atoms with Gasteiger partial charge in [-0.15, -0.1) is 22.9 Å². The minimum absolute atomic E-state index is 0.127. The summed E-state index contributed by atoms with van der Waals surface area (Å²) >= 11 is 7.16. The van der Waals surface area contributed by atoms with Crippen LogP contribution in [-0.2, 0) is 0 Å². The summed E-state index contributed by atoms with van der Waals surface area (Å²) in [6.45, 7) is 1.72. The molecule has 1 fully saturated rings. The molecular formula is C11H15ClN2OS. The van der Waals surface area contributed by atoms with Gasteiger partial charge in [-0.2, -0.15) is 0 Å². The first-order valence-corrected chi connectivity index (χ1v) is 6.96. The summed E-state index contributed by atoms with van der Waals surface area (Å²) in [7, 11) is 0. The number of rotatable bonds is 3. The van der Waals surface area contributed by atoms with Crippen molar-refractivity contribution in [2.45, 2.75) is 19.3 Å². The fraction of sp³-hybridized carbons (Fsp3) is 0.636. The third-order valence-corrected chi connectivity index (χ3v) is 3.95. The van der Waals surface area contributed by atoms with Crippen LogP contribution in [0.2, 0.25) is 0 Å². The number of amides is 1. The highest BCUT2D eigenvalue weighted by Crippen LogP contribution is 2.22. The maximum atomic E-state index is 12.1. The van der Waals surface area contributed by atoms with Crippen LogP contribution in [0.25, 0.3) is 0 Å². The van der Waals surface area contributed by atoms with Crippen molar-refractivity contribution in [2.75, 3.05) is 19.0 Å². The van der Waals surface area contributed by atoms with Crippen molar-refractivity contribution in [3.05, 3.63) is 16.6 Å². The van der Waals surface area contributed by atoms with Crippen molar-refractivity contribution in [3.63, 3.8) is 0 Å². The van der Waals surface area contributed by atoms with E-state index in [4.69, 9.17) is 11.6 Å². The smallest absolute Gasteiger partial charge is 0.265 e. The molecule has 0 aliphatic carbocycles. The van der Waals surface area contributed by atoms with Gasteiger partial charge in [-0.25, -0.2) is 0 Å². The van der Waals surface area contributed by atoms with E-state index in [0.717, 1.165) is 30.8 Å². The van der Waals surface area contributed by atoms with E-state index in [1.807, 2.05) is 4.90 Å². The summed E-state index contributed by atoms with van der Waals surface area (Å²) in [4.78, 5) is 18.7. The molecule has 88 valence electrons. The van der Waals surface area contributed by atoms with E-state index in [1.165, 1.54) is 17.8 Å². The largest absolute Gasteiger partial charge is 0.338 e. The lowest BCUT2D eigenvalue weighted by Gasteiger charge is -2.32. The number of likely N-dealkylation sites (tertiary alicyclic amines) is 1. The van der Waals surface area contributed by atoms with E-state index in [2.05, 4.69) is 4.98 Å². The third-order valence-electron chi connectivity index (χ3n) is 2.97. The molecule has 1 aromatic heterocycles. The lowest BCUT2D eigenvalue weighted by atomic mass is 9.95. The molecule has 1 aliphatic rings. The molecule has 1 atom stereocenters. The second kappa shape index (κ2) is 5.64. The summed E-state index contributed by atoms with van der Waals surface area (Å²) in [6, 6.07) is 0. The van der Waals surface area contributed by atoms with Crippen molar-refractivity contribution in [1.29, 1.82) is 0 Å². The standard InChI is InChI=1S/C11H15ClN2OS/c12-4-3-9-2-1-5-14(7-9)11(15)10-6-13-8-16-10/h6,8-9H,1-5,7H2. The van der Waals surface area contributed by atoms with Crippen LogP contribution in [0.15, 0.2) is 11.7 Å². The fourth-order valence-corrected chi connectivity index (χ4v) is 3.01. The normalized spacial score (nSPS) is 21.1. The number of piperidine rings is 1. The number of halogens is 1. The minimum atomic E-state index is 0.127. The minimum Gasteiger partial charge on any atom is -0.338 e. The zero-order valence-corrected chi connectivity index (χ0v) is 10.6. The third kappa shape index (κ3) is 2.74. The van der Waals surface area contributed by atoms with Gasteiger partial charge in [-0.3, -0.25) is 9.78 Å². The first-order valence-electron chi connectivity index (χ1n) is 5.55. The van der Waals surface area contributed by atoms with E-state index < -0.39 is 0 Å². The Morgan fingerprint density at radius 1 is 1.69 bits per heavy atom. The summed E-state index contributed by atoms with van der Waals surface area (Å²) in [5.41, 5.74) is 1.70. The molecule has 3 nitrogen and oxygen atoms in total. The molecule has 0 N–H and O–H groups in total. The Morgan fingerprint density at radius 3 is 3.25 bits per heavy atom. The molecule has 0 aromatic carbocycles.